The molecule has 1 aromatic carbocycles. The summed E-state index contributed by atoms with van der Waals surface area (Å²) < 4.78 is 20.8. The van der Waals surface area contributed by atoms with Gasteiger partial charge < -0.3 is 18.9 Å². The fraction of sp³-hybridized carbons (Fsp3) is 0.438. The molecule has 5 nitrogen and oxygen atoms in total. The molecular weight excluding hydrogens is 272 g/mol. The smallest absolute Gasteiger partial charge is 0.330 e. The minimum Gasteiger partial charge on any atom is -0.497 e. The number of ether oxygens (including phenoxy) is 4. The number of hydrogen-bond donors (Lipinski definition) is 0. The van der Waals surface area contributed by atoms with Gasteiger partial charge in [-0.2, -0.15) is 0 Å². The topological polar surface area (TPSA) is 57.3 Å². The number of carbonyl (C=O) groups excluding carboxylic acids is 1. The molecule has 114 valence electrons. The molecular formula is C16H20O5. The van der Waals surface area contributed by atoms with Gasteiger partial charge in [0.25, 0.3) is 0 Å². The molecule has 1 saturated heterocycles. The standard InChI is InChI=1S/C16H20O5/c1-3-20-16(17)9-8-14-15(21-14)11-19-10-12-4-6-13(18-2)7-5-12/h4-9,14-15H,3,10-11H2,1-2H3/b9-8+/t14-,15-/m1/s1. The van der Waals surface area contributed by atoms with Crippen molar-refractivity contribution < 1.29 is 23.7 Å². The molecule has 5 heteroatoms. The van der Waals surface area contributed by atoms with E-state index < -0.39 is 0 Å². The average Bonchev–Trinajstić information content (AvgIpc) is 3.25. The first-order valence-corrected chi connectivity index (χ1v) is 6.94. The lowest BCUT2D eigenvalue weighted by Crippen LogP contribution is -2.05. The van der Waals surface area contributed by atoms with Crippen LogP contribution in [-0.4, -0.2) is 38.5 Å². The number of esters is 1. The van der Waals surface area contributed by atoms with Crippen molar-refractivity contribution in [2.45, 2.75) is 25.7 Å². The van der Waals surface area contributed by atoms with Gasteiger partial charge in [0.15, 0.2) is 0 Å². The van der Waals surface area contributed by atoms with Crippen LogP contribution >= 0.6 is 0 Å². The van der Waals surface area contributed by atoms with Crippen molar-refractivity contribution >= 4 is 5.97 Å². The number of hydrogen-bond acceptors (Lipinski definition) is 5. The first-order valence-electron chi connectivity index (χ1n) is 6.94. The van der Waals surface area contributed by atoms with Crippen molar-refractivity contribution in [1.82, 2.24) is 0 Å². The van der Waals surface area contributed by atoms with Crippen molar-refractivity contribution in [2.24, 2.45) is 0 Å². The molecule has 0 amide bonds. The second kappa shape index (κ2) is 7.81. The normalized spacial score (nSPS) is 20.5. The van der Waals surface area contributed by atoms with E-state index in [1.807, 2.05) is 24.3 Å². The Hall–Kier alpha value is -1.85. The van der Waals surface area contributed by atoms with E-state index in [1.165, 1.54) is 6.08 Å². The maximum Gasteiger partial charge on any atom is 0.330 e. The molecule has 0 unspecified atom stereocenters. The van der Waals surface area contributed by atoms with Crippen molar-refractivity contribution in [3.8, 4) is 5.75 Å². The van der Waals surface area contributed by atoms with E-state index in [4.69, 9.17) is 18.9 Å². The lowest BCUT2D eigenvalue weighted by molar-refractivity contribution is -0.137. The van der Waals surface area contributed by atoms with Gasteiger partial charge in [0, 0.05) is 6.08 Å². The predicted octanol–water partition coefficient (Wildman–Crippen LogP) is 2.10. The van der Waals surface area contributed by atoms with Gasteiger partial charge in [0.1, 0.15) is 18.0 Å². The van der Waals surface area contributed by atoms with E-state index in [9.17, 15) is 4.79 Å². The molecule has 0 saturated carbocycles. The molecule has 1 aromatic rings. The lowest BCUT2D eigenvalue weighted by atomic mass is 10.2. The Morgan fingerprint density at radius 3 is 2.76 bits per heavy atom. The minimum atomic E-state index is -0.342. The van der Waals surface area contributed by atoms with Crippen LogP contribution in [0.3, 0.4) is 0 Å². The van der Waals surface area contributed by atoms with Crippen molar-refractivity contribution in [3.63, 3.8) is 0 Å². The Morgan fingerprint density at radius 2 is 2.10 bits per heavy atom. The lowest BCUT2D eigenvalue weighted by Gasteiger charge is -2.04. The third-order valence-electron chi connectivity index (χ3n) is 3.04. The molecule has 2 rings (SSSR count). The zero-order valence-electron chi connectivity index (χ0n) is 12.3. The first kappa shape index (κ1) is 15.5. The van der Waals surface area contributed by atoms with Gasteiger partial charge in [-0.3, -0.25) is 0 Å². The zero-order valence-corrected chi connectivity index (χ0v) is 12.3. The van der Waals surface area contributed by atoms with Crippen LogP contribution in [0.2, 0.25) is 0 Å². The van der Waals surface area contributed by atoms with E-state index in [2.05, 4.69) is 0 Å². The highest BCUT2D eigenvalue weighted by atomic mass is 16.6. The SMILES string of the molecule is CCOC(=O)/C=C/[C@H]1O[C@@H]1COCc1ccc(OC)cc1. The van der Waals surface area contributed by atoms with Gasteiger partial charge in [0.2, 0.25) is 0 Å². The van der Waals surface area contributed by atoms with Crippen LogP contribution in [0.25, 0.3) is 0 Å². The molecule has 1 aliphatic heterocycles. The van der Waals surface area contributed by atoms with E-state index in [0.717, 1.165) is 11.3 Å². The largest absolute Gasteiger partial charge is 0.497 e. The molecule has 1 aliphatic rings. The van der Waals surface area contributed by atoms with E-state index >= 15 is 0 Å². The highest BCUT2D eigenvalue weighted by Gasteiger charge is 2.36. The van der Waals surface area contributed by atoms with Crippen LogP contribution in [0.1, 0.15) is 12.5 Å². The zero-order chi connectivity index (χ0) is 15.1. The van der Waals surface area contributed by atoms with Crippen LogP contribution in [0.5, 0.6) is 5.75 Å². The number of carbonyl (C=O) groups is 1. The van der Waals surface area contributed by atoms with Crippen LogP contribution in [-0.2, 0) is 25.6 Å². The summed E-state index contributed by atoms with van der Waals surface area (Å²) in [5.41, 5.74) is 1.08. The maximum absolute atomic E-state index is 11.1. The quantitative estimate of drug-likeness (QED) is 0.417. The van der Waals surface area contributed by atoms with Crippen LogP contribution in [0.15, 0.2) is 36.4 Å². The fourth-order valence-electron chi connectivity index (χ4n) is 1.84. The summed E-state index contributed by atoms with van der Waals surface area (Å²) in [7, 11) is 1.64. The van der Waals surface area contributed by atoms with E-state index in [0.29, 0.717) is 19.8 Å². The number of rotatable bonds is 8. The van der Waals surface area contributed by atoms with Gasteiger partial charge in [0.05, 0.1) is 26.9 Å². The van der Waals surface area contributed by atoms with Crippen LogP contribution < -0.4 is 4.74 Å². The molecule has 0 aromatic heterocycles. The maximum atomic E-state index is 11.1. The molecule has 0 spiro atoms. The third kappa shape index (κ3) is 5.21. The van der Waals surface area contributed by atoms with Gasteiger partial charge in [-0.05, 0) is 30.7 Å². The van der Waals surface area contributed by atoms with Crippen LogP contribution in [0.4, 0.5) is 0 Å². The second-order valence-corrected chi connectivity index (χ2v) is 4.61. The van der Waals surface area contributed by atoms with Crippen molar-refractivity contribution in [2.75, 3.05) is 20.3 Å². The van der Waals surface area contributed by atoms with E-state index in [-0.39, 0.29) is 18.2 Å². The average molecular weight is 292 g/mol. The number of benzene rings is 1. The molecule has 0 radical (unpaired) electrons. The molecule has 21 heavy (non-hydrogen) atoms. The highest BCUT2D eigenvalue weighted by molar-refractivity contribution is 5.82. The second-order valence-electron chi connectivity index (χ2n) is 4.61. The molecule has 1 heterocycles. The molecule has 2 atom stereocenters. The summed E-state index contributed by atoms with van der Waals surface area (Å²) in [5.74, 6) is 0.486. The Balaban J connectivity index is 1.63. The summed E-state index contributed by atoms with van der Waals surface area (Å²) in [4.78, 5) is 11.1. The molecule has 1 fully saturated rings. The summed E-state index contributed by atoms with van der Waals surface area (Å²) in [6.07, 6.45) is 3.08. The van der Waals surface area contributed by atoms with Gasteiger partial charge in [-0.1, -0.05) is 12.1 Å². The highest BCUT2D eigenvalue weighted by Crippen LogP contribution is 2.24. The number of methoxy groups -OCH3 is 1. The number of epoxide rings is 1. The minimum absolute atomic E-state index is 0.0222. The Kier molecular flexibility index (Phi) is 5.78. The van der Waals surface area contributed by atoms with Gasteiger partial charge in [-0.25, -0.2) is 4.79 Å². The molecule has 0 bridgehead atoms. The summed E-state index contributed by atoms with van der Waals surface area (Å²) in [5, 5.41) is 0. The van der Waals surface area contributed by atoms with Crippen molar-refractivity contribution in [3.05, 3.63) is 42.0 Å². The van der Waals surface area contributed by atoms with Crippen LogP contribution in [0, 0.1) is 0 Å². The van der Waals surface area contributed by atoms with Gasteiger partial charge >= 0.3 is 5.97 Å². The Labute approximate surface area is 124 Å². The first-order chi connectivity index (χ1) is 10.2. The summed E-state index contributed by atoms with van der Waals surface area (Å²) in [6.45, 7) is 3.18. The fourth-order valence-corrected chi connectivity index (χ4v) is 1.84. The predicted molar refractivity (Wildman–Crippen MR) is 77.1 cm³/mol. The van der Waals surface area contributed by atoms with E-state index in [1.54, 1.807) is 20.1 Å². The Morgan fingerprint density at radius 1 is 1.33 bits per heavy atom. The third-order valence-corrected chi connectivity index (χ3v) is 3.04. The summed E-state index contributed by atoms with van der Waals surface area (Å²) >= 11 is 0. The summed E-state index contributed by atoms with van der Waals surface area (Å²) in [6, 6.07) is 7.73. The Bertz CT molecular complexity index is 480. The monoisotopic (exact) mass is 292 g/mol. The van der Waals surface area contributed by atoms with Crippen molar-refractivity contribution in [1.29, 1.82) is 0 Å². The molecule has 0 N–H and O–H groups in total. The van der Waals surface area contributed by atoms with Gasteiger partial charge in [-0.15, -0.1) is 0 Å². The molecule has 0 aliphatic carbocycles.